The molecule has 0 aliphatic heterocycles. The van der Waals surface area contributed by atoms with Gasteiger partial charge in [-0.15, -0.1) is 0 Å². The maximum atomic E-state index is 12.8. The lowest BCUT2D eigenvalue weighted by atomic mass is 10.0. The summed E-state index contributed by atoms with van der Waals surface area (Å²) in [5.74, 6) is -0.929. The summed E-state index contributed by atoms with van der Waals surface area (Å²) in [4.78, 5) is 38.0. The van der Waals surface area contributed by atoms with Gasteiger partial charge in [0.25, 0.3) is 0 Å². The van der Waals surface area contributed by atoms with Crippen molar-refractivity contribution in [3.8, 4) is 0 Å². The number of hydrogen-bond donors (Lipinski definition) is 0. The van der Waals surface area contributed by atoms with Crippen LogP contribution in [0.4, 0.5) is 0 Å². The number of unbranched alkanes of at least 4 members (excludes halogenated alkanes) is 27. The zero-order chi connectivity index (χ0) is 45.8. The van der Waals surface area contributed by atoms with E-state index in [1.54, 1.807) is 0 Å². The number of esters is 3. The Bertz CT molecular complexity index is 1150. The fraction of sp³-hybridized carbons (Fsp3) is 0.772. The molecule has 0 aliphatic carbocycles. The van der Waals surface area contributed by atoms with Crippen molar-refractivity contribution in [1.29, 1.82) is 0 Å². The second kappa shape index (κ2) is 51.7. The third kappa shape index (κ3) is 50.0. The summed E-state index contributed by atoms with van der Waals surface area (Å²) in [5, 5.41) is 0. The molecule has 0 rings (SSSR count). The van der Waals surface area contributed by atoms with Crippen LogP contribution >= 0.6 is 0 Å². The van der Waals surface area contributed by atoms with E-state index in [4.69, 9.17) is 14.2 Å². The summed E-state index contributed by atoms with van der Waals surface area (Å²) in [6.07, 6.45) is 63.5. The van der Waals surface area contributed by atoms with Crippen LogP contribution in [-0.2, 0) is 28.6 Å². The average Bonchev–Trinajstić information content (AvgIpc) is 3.28. The van der Waals surface area contributed by atoms with E-state index in [9.17, 15) is 14.4 Å². The summed E-state index contributed by atoms with van der Waals surface area (Å²) in [7, 11) is 0. The standard InChI is InChI=1S/C57H100O6/c1-4-7-10-13-16-19-22-25-27-29-31-32-35-38-41-44-47-50-56(59)62-53-54(52-61-55(58)49-46-43-40-37-34-24-21-18-15-12-9-6-3)63-57(60)51-48-45-42-39-36-33-30-28-26-23-20-17-14-11-8-5-2/h9,12,16,18-19,21,25,27,34,37,54H,4-8,10-11,13-15,17,20,22-24,26,28-33,35-36,38-53H2,1-3H3/b12-9-,19-16-,21-18-,27-25-,37-34-. The number of hydrogen-bond acceptors (Lipinski definition) is 6. The van der Waals surface area contributed by atoms with E-state index in [1.165, 1.54) is 135 Å². The minimum absolute atomic E-state index is 0.0887. The largest absolute Gasteiger partial charge is 0.462 e. The van der Waals surface area contributed by atoms with E-state index in [0.717, 1.165) is 89.9 Å². The first-order valence-electron chi connectivity index (χ1n) is 26.8. The second-order valence-corrected chi connectivity index (χ2v) is 17.8. The molecule has 0 saturated heterocycles. The maximum absolute atomic E-state index is 12.8. The molecule has 0 aromatic heterocycles. The van der Waals surface area contributed by atoms with Gasteiger partial charge in [0.2, 0.25) is 0 Å². The lowest BCUT2D eigenvalue weighted by Gasteiger charge is -2.18. The molecular weight excluding hydrogens is 781 g/mol. The highest BCUT2D eigenvalue weighted by Gasteiger charge is 2.19. The van der Waals surface area contributed by atoms with Crippen LogP contribution in [0.15, 0.2) is 60.8 Å². The van der Waals surface area contributed by atoms with E-state index in [-0.39, 0.29) is 31.1 Å². The van der Waals surface area contributed by atoms with Gasteiger partial charge >= 0.3 is 17.9 Å². The Labute approximate surface area is 390 Å². The Balaban J connectivity index is 4.39. The van der Waals surface area contributed by atoms with Crippen molar-refractivity contribution in [2.45, 2.75) is 271 Å². The molecule has 0 aromatic rings. The molecule has 0 saturated carbocycles. The molecule has 1 unspecified atom stereocenters. The Kier molecular flexibility index (Phi) is 49.4. The minimum atomic E-state index is -0.790. The van der Waals surface area contributed by atoms with Crippen LogP contribution in [0.3, 0.4) is 0 Å². The van der Waals surface area contributed by atoms with E-state index in [1.807, 2.05) is 0 Å². The van der Waals surface area contributed by atoms with Crippen molar-refractivity contribution in [3.63, 3.8) is 0 Å². The van der Waals surface area contributed by atoms with Crippen molar-refractivity contribution < 1.29 is 28.6 Å². The zero-order valence-electron chi connectivity index (χ0n) is 41.6. The quantitative estimate of drug-likeness (QED) is 0.0262. The molecule has 0 aromatic carbocycles. The molecular formula is C57H100O6. The van der Waals surface area contributed by atoms with Gasteiger partial charge in [-0.3, -0.25) is 14.4 Å². The lowest BCUT2D eigenvalue weighted by Crippen LogP contribution is -2.30. The average molecular weight is 881 g/mol. The van der Waals surface area contributed by atoms with Gasteiger partial charge in [-0.25, -0.2) is 0 Å². The highest BCUT2D eigenvalue weighted by Crippen LogP contribution is 2.16. The number of rotatable bonds is 48. The van der Waals surface area contributed by atoms with Crippen molar-refractivity contribution >= 4 is 17.9 Å². The summed E-state index contributed by atoms with van der Waals surface area (Å²) >= 11 is 0. The minimum Gasteiger partial charge on any atom is -0.462 e. The zero-order valence-corrected chi connectivity index (χ0v) is 41.6. The number of allylic oxidation sites excluding steroid dienone is 10. The van der Waals surface area contributed by atoms with Crippen LogP contribution in [-0.4, -0.2) is 37.2 Å². The first-order valence-corrected chi connectivity index (χ1v) is 26.8. The molecule has 0 amide bonds. The maximum Gasteiger partial charge on any atom is 0.306 e. The number of ether oxygens (including phenoxy) is 3. The van der Waals surface area contributed by atoms with Crippen LogP contribution in [0.2, 0.25) is 0 Å². The first kappa shape index (κ1) is 60.1. The Morgan fingerprint density at radius 2 is 0.619 bits per heavy atom. The number of carbonyl (C=O) groups excluding carboxylic acids is 3. The van der Waals surface area contributed by atoms with Gasteiger partial charge in [-0.2, -0.15) is 0 Å². The van der Waals surface area contributed by atoms with E-state index in [0.29, 0.717) is 19.3 Å². The van der Waals surface area contributed by atoms with Crippen molar-refractivity contribution in [2.75, 3.05) is 13.2 Å². The Hall–Kier alpha value is -2.89. The molecule has 0 radical (unpaired) electrons. The van der Waals surface area contributed by atoms with E-state index < -0.39 is 6.10 Å². The smallest absolute Gasteiger partial charge is 0.306 e. The van der Waals surface area contributed by atoms with Crippen LogP contribution in [0, 0.1) is 0 Å². The van der Waals surface area contributed by atoms with Gasteiger partial charge in [0.1, 0.15) is 13.2 Å². The second-order valence-electron chi connectivity index (χ2n) is 17.8. The van der Waals surface area contributed by atoms with Crippen LogP contribution in [0.1, 0.15) is 265 Å². The SMILES string of the molecule is CC/C=C\C/C=C\C/C=C\CCCCC(=O)OCC(COC(=O)CCCCCCCCC/C=C\C/C=C\CCCCC)OC(=O)CCCCCCCCCCCCCCCCCC. The van der Waals surface area contributed by atoms with Crippen LogP contribution in [0.25, 0.3) is 0 Å². The molecule has 1 atom stereocenters. The summed E-state index contributed by atoms with van der Waals surface area (Å²) < 4.78 is 16.8. The van der Waals surface area contributed by atoms with Gasteiger partial charge in [0, 0.05) is 19.3 Å². The van der Waals surface area contributed by atoms with Crippen molar-refractivity contribution in [2.24, 2.45) is 0 Å². The van der Waals surface area contributed by atoms with Crippen molar-refractivity contribution in [1.82, 2.24) is 0 Å². The first-order chi connectivity index (χ1) is 31.0. The molecule has 364 valence electrons. The topological polar surface area (TPSA) is 78.9 Å². The molecule has 0 bridgehead atoms. The lowest BCUT2D eigenvalue weighted by molar-refractivity contribution is -0.167. The fourth-order valence-electron chi connectivity index (χ4n) is 7.49. The van der Waals surface area contributed by atoms with Gasteiger partial charge < -0.3 is 14.2 Å². The van der Waals surface area contributed by atoms with Gasteiger partial charge in [-0.1, -0.05) is 223 Å². The predicted molar refractivity (Wildman–Crippen MR) is 270 cm³/mol. The molecule has 6 heteroatoms. The summed E-state index contributed by atoms with van der Waals surface area (Å²) in [5.41, 5.74) is 0. The molecule has 0 aliphatic rings. The van der Waals surface area contributed by atoms with Gasteiger partial charge in [0.05, 0.1) is 0 Å². The highest BCUT2D eigenvalue weighted by molar-refractivity contribution is 5.71. The van der Waals surface area contributed by atoms with E-state index in [2.05, 4.69) is 81.5 Å². The number of carbonyl (C=O) groups is 3. The van der Waals surface area contributed by atoms with Crippen LogP contribution < -0.4 is 0 Å². The van der Waals surface area contributed by atoms with E-state index >= 15 is 0 Å². The third-order valence-electron chi connectivity index (χ3n) is 11.5. The van der Waals surface area contributed by atoms with Gasteiger partial charge in [-0.05, 0) is 83.5 Å². The Morgan fingerprint density at radius 3 is 1.03 bits per heavy atom. The molecule has 0 heterocycles. The monoisotopic (exact) mass is 881 g/mol. The molecule has 0 N–H and O–H groups in total. The fourth-order valence-corrected chi connectivity index (χ4v) is 7.49. The predicted octanol–water partition coefficient (Wildman–Crippen LogP) is 17.6. The third-order valence-corrected chi connectivity index (χ3v) is 11.5. The van der Waals surface area contributed by atoms with Crippen LogP contribution in [0.5, 0.6) is 0 Å². The highest BCUT2D eigenvalue weighted by atomic mass is 16.6. The Morgan fingerprint density at radius 1 is 0.333 bits per heavy atom. The van der Waals surface area contributed by atoms with Crippen molar-refractivity contribution in [3.05, 3.63) is 60.8 Å². The summed E-state index contributed by atoms with van der Waals surface area (Å²) in [6.45, 7) is 6.47. The molecule has 0 fully saturated rings. The van der Waals surface area contributed by atoms with Gasteiger partial charge in [0.15, 0.2) is 6.10 Å². The molecule has 0 spiro atoms. The normalized spacial score (nSPS) is 12.5. The molecule has 63 heavy (non-hydrogen) atoms. The molecule has 6 nitrogen and oxygen atoms in total. The summed E-state index contributed by atoms with van der Waals surface area (Å²) in [6, 6.07) is 0.